The summed E-state index contributed by atoms with van der Waals surface area (Å²) in [5.74, 6) is 0. The first kappa shape index (κ1) is 61.6. The predicted molar refractivity (Wildman–Crippen MR) is 467 cm³/mol. The van der Waals surface area contributed by atoms with Crippen LogP contribution in [0.15, 0.2) is 397 Å². The quantitative estimate of drug-likeness (QED) is 0.149. The van der Waals surface area contributed by atoms with Crippen molar-refractivity contribution in [2.24, 2.45) is 0 Å². The van der Waals surface area contributed by atoms with Crippen molar-refractivity contribution in [1.82, 2.24) is 0 Å². The molecule has 0 radical (unpaired) electrons. The van der Waals surface area contributed by atoms with Crippen LogP contribution in [-0.4, -0.2) is 0 Å². The molecule has 0 amide bonds. The highest BCUT2D eigenvalue weighted by molar-refractivity contribution is 6.30. The third-order valence-electron chi connectivity index (χ3n) is 25.7. The van der Waals surface area contributed by atoms with Gasteiger partial charge in [-0.05, 0) is 236 Å². The fraction of sp³-hybridized carbons (Fsp3) is 0.0182. The highest BCUT2D eigenvalue weighted by atomic mass is 16.3. The summed E-state index contributed by atoms with van der Waals surface area (Å²) in [5.41, 5.74) is 31.3. The van der Waals surface area contributed by atoms with Crippen LogP contribution in [0.5, 0.6) is 0 Å². The zero-order valence-electron chi connectivity index (χ0n) is 60.8. The molecule has 2 heterocycles. The first-order valence-corrected chi connectivity index (χ1v) is 39.0. The summed E-state index contributed by atoms with van der Waals surface area (Å²) < 4.78 is 14.8. The summed E-state index contributed by atoms with van der Waals surface area (Å²) >= 11 is 0. The van der Waals surface area contributed by atoms with Gasteiger partial charge in [0.25, 0.3) is 0 Å². The van der Waals surface area contributed by atoms with E-state index in [1.807, 2.05) is 0 Å². The second-order valence-electron chi connectivity index (χ2n) is 30.9. The maximum Gasteiger partial charge on any atom is 0.144 e. The van der Waals surface area contributed by atoms with Gasteiger partial charge in [-0.15, -0.1) is 0 Å². The lowest BCUT2D eigenvalue weighted by atomic mass is 9.67. The van der Waals surface area contributed by atoms with Gasteiger partial charge in [0.05, 0.1) is 10.8 Å². The Labute approximate surface area is 645 Å². The van der Waals surface area contributed by atoms with Crippen LogP contribution in [0.25, 0.3) is 198 Å². The first-order valence-electron chi connectivity index (χ1n) is 39.0. The molecule has 2 nitrogen and oxygen atoms in total. The van der Waals surface area contributed by atoms with Crippen molar-refractivity contribution in [3.05, 3.63) is 433 Å². The van der Waals surface area contributed by atoms with Gasteiger partial charge in [0.15, 0.2) is 0 Å². The van der Waals surface area contributed by atoms with Crippen molar-refractivity contribution in [3.8, 4) is 89.0 Å². The molecule has 516 valence electrons. The molecule has 0 bridgehead atoms. The van der Waals surface area contributed by atoms with E-state index in [0.717, 1.165) is 71.7 Å². The Morgan fingerprint density at radius 2 is 0.491 bits per heavy atom. The lowest BCUT2D eigenvalue weighted by Gasteiger charge is -2.34. The molecule has 0 N–H and O–H groups in total. The minimum Gasteiger partial charge on any atom is -0.455 e. The summed E-state index contributed by atoms with van der Waals surface area (Å²) in [6.45, 7) is 0. The van der Waals surface area contributed by atoms with Crippen molar-refractivity contribution in [2.45, 2.75) is 10.8 Å². The lowest BCUT2D eigenvalue weighted by molar-refractivity contribution is 0.668. The number of hydrogen-bond donors (Lipinski definition) is 0. The van der Waals surface area contributed by atoms with Gasteiger partial charge in [0.1, 0.15) is 22.3 Å². The van der Waals surface area contributed by atoms with Crippen LogP contribution in [0.4, 0.5) is 0 Å². The molecule has 0 saturated carbocycles. The molecule has 20 aromatic carbocycles. The van der Waals surface area contributed by atoms with Crippen LogP contribution >= 0.6 is 0 Å². The van der Waals surface area contributed by atoms with Crippen LogP contribution < -0.4 is 0 Å². The normalized spacial score (nSPS) is 13.5. The summed E-state index contributed by atoms with van der Waals surface area (Å²) in [6.07, 6.45) is 0. The largest absolute Gasteiger partial charge is 0.455 e. The average molecular weight is 1420 g/mol. The molecule has 22 aromatic rings. The van der Waals surface area contributed by atoms with Gasteiger partial charge in [0, 0.05) is 32.7 Å². The standard InChI is InChI=1S/C110H64O2/c1-3-29-73(30-4-1)109(74-31-5-2-6-32-74)94-62-70(57-58-86(94)106-95(109)63-89(103-87-44-20-26-50-98(87)112-108(103)106)101-81-39-13-9-35-77(81)99(78-36-10-14-40-82(78)101)71-55-51-65-27-7-8-28-66(65)60-71)68-52-53-69-61-72(56-54-67(69)59-68)100-79-37-11-15-41-83(79)102(84-42-16-12-38-80(84)100)90-64-96-105(107-104(90)88-45-21-25-49-97(88)111-107)85-43-19-24-48-93(85)110(96)91-46-22-17-33-75(91)76-34-18-23-47-92(76)110/h1-64H. The molecule has 0 atom stereocenters. The predicted octanol–water partition coefficient (Wildman–Crippen LogP) is 29.4. The van der Waals surface area contributed by atoms with Crippen LogP contribution in [0.1, 0.15) is 44.5 Å². The number of para-hydroxylation sites is 2. The Hall–Kier alpha value is -14.4. The van der Waals surface area contributed by atoms with Crippen molar-refractivity contribution >= 4 is 109 Å². The maximum absolute atomic E-state index is 7.50. The molecular weight excluding hydrogens is 1350 g/mol. The molecule has 2 aromatic heterocycles. The summed E-state index contributed by atoms with van der Waals surface area (Å²) in [7, 11) is 0. The zero-order chi connectivity index (χ0) is 73.1. The molecule has 1 spiro atoms. The van der Waals surface area contributed by atoms with E-state index in [1.165, 1.54) is 170 Å². The molecule has 0 saturated heterocycles. The summed E-state index contributed by atoms with van der Waals surface area (Å²) in [6, 6.07) is 146. The van der Waals surface area contributed by atoms with E-state index in [4.69, 9.17) is 8.83 Å². The van der Waals surface area contributed by atoms with Gasteiger partial charge in [-0.3, -0.25) is 0 Å². The Morgan fingerprint density at radius 1 is 0.170 bits per heavy atom. The monoisotopic (exact) mass is 1420 g/mol. The molecule has 0 unspecified atom stereocenters. The van der Waals surface area contributed by atoms with E-state index in [-0.39, 0.29) is 0 Å². The summed E-state index contributed by atoms with van der Waals surface area (Å²) in [5, 5.41) is 18.9. The average Bonchev–Trinajstić information content (AvgIpc) is 1.49. The van der Waals surface area contributed by atoms with Gasteiger partial charge < -0.3 is 8.83 Å². The molecule has 2 heteroatoms. The van der Waals surface area contributed by atoms with Gasteiger partial charge >= 0.3 is 0 Å². The highest BCUT2D eigenvalue weighted by Gasteiger charge is 2.54. The molecular formula is C110H64O2. The second kappa shape index (κ2) is 23.1. The van der Waals surface area contributed by atoms with Gasteiger partial charge in [0.2, 0.25) is 0 Å². The third kappa shape index (κ3) is 8.16. The van der Waals surface area contributed by atoms with Crippen LogP contribution in [0.3, 0.4) is 0 Å². The van der Waals surface area contributed by atoms with Crippen LogP contribution in [0.2, 0.25) is 0 Å². The van der Waals surface area contributed by atoms with Gasteiger partial charge in [-0.1, -0.05) is 340 Å². The number of rotatable bonds is 7. The maximum atomic E-state index is 7.50. The number of benzene rings is 20. The molecule has 112 heavy (non-hydrogen) atoms. The van der Waals surface area contributed by atoms with E-state index in [2.05, 4.69) is 388 Å². The van der Waals surface area contributed by atoms with E-state index in [9.17, 15) is 0 Å². The van der Waals surface area contributed by atoms with Gasteiger partial charge in [-0.25, -0.2) is 0 Å². The zero-order valence-corrected chi connectivity index (χ0v) is 60.8. The Morgan fingerprint density at radius 3 is 0.973 bits per heavy atom. The molecule has 0 aliphatic heterocycles. The topological polar surface area (TPSA) is 26.3 Å². The fourth-order valence-corrected chi connectivity index (χ4v) is 21.3. The van der Waals surface area contributed by atoms with Gasteiger partial charge in [-0.2, -0.15) is 0 Å². The number of furan rings is 2. The van der Waals surface area contributed by atoms with E-state index >= 15 is 0 Å². The number of hydrogen-bond acceptors (Lipinski definition) is 2. The Balaban J connectivity index is 0.674. The lowest BCUT2D eigenvalue weighted by Crippen LogP contribution is -2.28. The smallest absolute Gasteiger partial charge is 0.144 e. The third-order valence-corrected chi connectivity index (χ3v) is 25.7. The van der Waals surface area contributed by atoms with Crippen molar-refractivity contribution < 1.29 is 8.83 Å². The second-order valence-corrected chi connectivity index (χ2v) is 30.9. The Bertz CT molecular complexity index is 7680. The summed E-state index contributed by atoms with van der Waals surface area (Å²) in [4.78, 5) is 0. The minimum absolute atomic E-state index is 0.575. The highest BCUT2D eigenvalue weighted by Crippen LogP contribution is 2.67. The molecule has 25 rings (SSSR count). The van der Waals surface area contributed by atoms with Crippen LogP contribution in [0, 0.1) is 0 Å². The van der Waals surface area contributed by atoms with E-state index < -0.39 is 10.8 Å². The Kier molecular flexibility index (Phi) is 12.7. The van der Waals surface area contributed by atoms with Crippen molar-refractivity contribution in [2.75, 3.05) is 0 Å². The first-order chi connectivity index (χ1) is 55.6. The van der Waals surface area contributed by atoms with Crippen LogP contribution in [-0.2, 0) is 10.8 Å². The molecule has 0 fully saturated rings. The molecule has 3 aliphatic rings. The minimum atomic E-state index is -0.782. The van der Waals surface area contributed by atoms with Crippen molar-refractivity contribution in [3.63, 3.8) is 0 Å². The van der Waals surface area contributed by atoms with E-state index in [1.54, 1.807) is 0 Å². The number of fused-ring (bicyclic) bond motifs is 27. The van der Waals surface area contributed by atoms with E-state index in [0.29, 0.717) is 0 Å². The van der Waals surface area contributed by atoms with Crippen molar-refractivity contribution in [1.29, 1.82) is 0 Å². The molecule has 3 aliphatic carbocycles. The fourth-order valence-electron chi connectivity index (χ4n) is 21.3. The SMILES string of the molecule is c1ccc(C2(c3ccccc3)c3cc(-c4ccc5cc(-c6c7ccccc7c(-c7cc8c(c9oc%10ccccc%10c79)-c7ccccc7C87c8ccccc8-c8ccccc87)c7ccccc67)ccc5c4)ccc3-c3c2cc(-c2c4ccccc4c(-c4ccc5ccccc5c4)c4ccccc24)c2c3oc3ccccc32)cc1.